The van der Waals surface area contributed by atoms with Crippen LogP contribution in [0.3, 0.4) is 0 Å². The van der Waals surface area contributed by atoms with E-state index in [9.17, 15) is 18.9 Å². The van der Waals surface area contributed by atoms with Crippen molar-refractivity contribution in [2.45, 2.75) is 6.43 Å². The molecule has 1 aromatic rings. The van der Waals surface area contributed by atoms with Crippen LogP contribution in [0.2, 0.25) is 0 Å². The van der Waals surface area contributed by atoms with Gasteiger partial charge in [0.1, 0.15) is 6.20 Å². The molecule has 12 heavy (non-hydrogen) atoms. The van der Waals surface area contributed by atoms with Crippen LogP contribution in [0, 0.1) is 10.1 Å². The van der Waals surface area contributed by atoms with Gasteiger partial charge in [0, 0.05) is 6.20 Å². The van der Waals surface area contributed by atoms with Gasteiger partial charge in [-0.05, 0) is 6.07 Å². The smallest absolute Gasteiger partial charge is 0.258 e. The van der Waals surface area contributed by atoms with Crippen LogP contribution in [0.5, 0.6) is 0 Å². The normalized spacial score (nSPS) is 10.2. The van der Waals surface area contributed by atoms with Crippen molar-refractivity contribution in [1.82, 2.24) is 4.98 Å². The largest absolute Gasteiger partial charge is 0.296 e. The molecular weight excluding hydrogens is 170 g/mol. The molecule has 0 aliphatic rings. The molecule has 0 amide bonds. The van der Waals surface area contributed by atoms with E-state index >= 15 is 0 Å². The van der Waals surface area contributed by atoms with Gasteiger partial charge in [0.25, 0.3) is 12.1 Å². The van der Waals surface area contributed by atoms with Gasteiger partial charge in [0.2, 0.25) is 0 Å². The lowest BCUT2D eigenvalue weighted by Crippen LogP contribution is -1.96. The van der Waals surface area contributed by atoms with Crippen LogP contribution in [-0.4, -0.2) is 9.91 Å². The zero-order valence-corrected chi connectivity index (χ0v) is 5.78. The molecule has 1 heterocycles. The first-order chi connectivity index (χ1) is 5.63. The summed E-state index contributed by atoms with van der Waals surface area (Å²) in [7, 11) is 0. The number of pyridine rings is 1. The van der Waals surface area contributed by atoms with Crippen LogP contribution in [0.15, 0.2) is 18.5 Å². The summed E-state index contributed by atoms with van der Waals surface area (Å²) >= 11 is 0. The maximum absolute atomic E-state index is 12.1. The van der Waals surface area contributed by atoms with Gasteiger partial charge in [0.05, 0.1) is 10.5 Å². The van der Waals surface area contributed by atoms with Crippen LogP contribution >= 0.6 is 0 Å². The monoisotopic (exact) mass is 174 g/mol. The van der Waals surface area contributed by atoms with E-state index < -0.39 is 22.6 Å². The van der Waals surface area contributed by atoms with Gasteiger partial charge in [-0.1, -0.05) is 0 Å². The Bertz CT molecular complexity index is 303. The van der Waals surface area contributed by atoms with Crippen molar-refractivity contribution in [1.29, 1.82) is 0 Å². The summed E-state index contributed by atoms with van der Waals surface area (Å²) in [6.45, 7) is 0. The first-order valence-electron chi connectivity index (χ1n) is 2.99. The van der Waals surface area contributed by atoms with Gasteiger partial charge >= 0.3 is 0 Å². The van der Waals surface area contributed by atoms with Gasteiger partial charge in [-0.3, -0.25) is 15.1 Å². The van der Waals surface area contributed by atoms with Gasteiger partial charge in [-0.25, -0.2) is 8.78 Å². The molecule has 4 nitrogen and oxygen atoms in total. The molecule has 0 saturated carbocycles. The van der Waals surface area contributed by atoms with Crippen LogP contribution in [0.1, 0.15) is 12.0 Å². The summed E-state index contributed by atoms with van der Waals surface area (Å²) in [4.78, 5) is 12.7. The highest BCUT2D eigenvalue weighted by molar-refractivity contribution is 5.37. The minimum Gasteiger partial charge on any atom is -0.258 e. The lowest BCUT2D eigenvalue weighted by molar-refractivity contribution is -0.386. The van der Waals surface area contributed by atoms with Crippen molar-refractivity contribution in [3.63, 3.8) is 0 Å². The molecule has 6 heteroatoms. The Morgan fingerprint density at radius 3 is 2.67 bits per heavy atom. The summed E-state index contributed by atoms with van der Waals surface area (Å²) in [5.41, 5.74) is -1.25. The second-order valence-electron chi connectivity index (χ2n) is 1.99. The number of nitro groups is 1. The molecule has 0 unspecified atom stereocenters. The van der Waals surface area contributed by atoms with E-state index in [1.54, 1.807) is 0 Å². The third-order valence-electron chi connectivity index (χ3n) is 1.26. The topological polar surface area (TPSA) is 56.0 Å². The number of nitrogens with zero attached hydrogens (tertiary/aromatic N) is 2. The maximum Gasteiger partial charge on any atom is 0.296 e. The van der Waals surface area contributed by atoms with Crippen molar-refractivity contribution in [2.75, 3.05) is 0 Å². The van der Waals surface area contributed by atoms with Crippen LogP contribution in [-0.2, 0) is 0 Å². The number of hydrogen-bond donors (Lipinski definition) is 0. The third kappa shape index (κ3) is 1.52. The SMILES string of the molecule is O=[N+]([O-])c1cnccc1C(F)F. The van der Waals surface area contributed by atoms with Crippen LogP contribution < -0.4 is 0 Å². The highest BCUT2D eigenvalue weighted by Gasteiger charge is 2.20. The minimum atomic E-state index is -2.84. The second-order valence-corrected chi connectivity index (χ2v) is 1.99. The maximum atomic E-state index is 12.1. The molecule has 0 saturated heterocycles. The molecule has 0 bridgehead atoms. The quantitative estimate of drug-likeness (QED) is 0.508. The molecule has 0 atom stereocenters. The average molecular weight is 174 g/mol. The molecule has 0 N–H and O–H groups in total. The molecule has 1 aromatic heterocycles. The fraction of sp³-hybridized carbons (Fsp3) is 0.167. The Labute approximate surface area is 66.0 Å². The molecule has 0 aliphatic heterocycles. The van der Waals surface area contributed by atoms with E-state index in [0.717, 1.165) is 18.5 Å². The highest BCUT2D eigenvalue weighted by atomic mass is 19.3. The number of halogens is 2. The Morgan fingerprint density at radius 1 is 1.58 bits per heavy atom. The molecule has 64 valence electrons. The van der Waals surface area contributed by atoms with Gasteiger partial charge < -0.3 is 0 Å². The Kier molecular flexibility index (Phi) is 2.27. The minimum absolute atomic E-state index is 0.602. The number of hydrogen-bond acceptors (Lipinski definition) is 3. The lowest BCUT2D eigenvalue weighted by atomic mass is 10.2. The van der Waals surface area contributed by atoms with E-state index in [0.29, 0.717) is 0 Å². The first-order valence-corrected chi connectivity index (χ1v) is 2.99. The fourth-order valence-electron chi connectivity index (χ4n) is 0.734. The van der Waals surface area contributed by atoms with Crippen LogP contribution in [0.4, 0.5) is 14.5 Å². The molecule has 1 rings (SSSR count). The predicted octanol–water partition coefficient (Wildman–Crippen LogP) is 1.93. The molecule has 0 spiro atoms. The number of aromatic nitrogens is 1. The number of rotatable bonds is 2. The zero-order valence-electron chi connectivity index (χ0n) is 5.78. The fourth-order valence-corrected chi connectivity index (χ4v) is 0.734. The summed E-state index contributed by atoms with van der Waals surface area (Å²) in [5, 5.41) is 10.2. The van der Waals surface area contributed by atoms with Crippen molar-refractivity contribution in [2.24, 2.45) is 0 Å². The highest BCUT2D eigenvalue weighted by Crippen LogP contribution is 2.26. The first kappa shape index (κ1) is 8.51. The van der Waals surface area contributed by atoms with E-state index in [1.165, 1.54) is 0 Å². The predicted molar refractivity (Wildman–Crippen MR) is 35.8 cm³/mol. The lowest BCUT2D eigenvalue weighted by Gasteiger charge is -1.98. The molecular formula is C6H4F2N2O2. The summed E-state index contributed by atoms with van der Waals surface area (Å²) in [6.07, 6.45) is -0.941. The summed E-state index contributed by atoms with van der Waals surface area (Å²) in [5.74, 6) is 0. The average Bonchev–Trinajstić information content (AvgIpc) is 2.04. The van der Waals surface area contributed by atoms with E-state index in [2.05, 4.69) is 4.98 Å². The van der Waals surface area contributed by atoms with Gasteiger partial charge in [-0.15, -0.1) is 0 Å². The van der Waals surface area contributed by atoms with Crippen molar-refractivity contribution in [3.05, 3.63) is 34.1 Å². The Morgan fingerprint density at radius 2 is 2.25 bits per heavy atom. The van der Waals surface area contributed by atoms with Crippen LogP contribution in [0.25, 0.3) is 0 Å². The van der Waals surface area contributed by atoms with E-state index in [-0.39, 0.29) is 0 Å². The molecule has 0 aromatic carbocycles. The standard InChI is InChI=1S/C6H4F2N2O2/c7-6(8)4-1-2-9-3-5(4)10(11)12/h1-3,6H. The van der Waals surface area contributed by atoms with E-state index in [1.807, 2.05) is 0 Å². The Balaban J connectivity index is 3.17. The Hall–Kier alpha value is -1.59. The van der Waals surface area contributed by atoms with Crippen molar-refractivity contribution in [3.8, 4) is 0 Å². The van der Waals surface area contributed by atoms with Gasteiger partial charge in [0.15, 0.2) is 0 Å². The molecule has 0 fully saturated rings. The molecule has 0 aliphatic carbocycles. The van der Waals surface area contributed by atoms with E-state index in [4.69, 9.17) is 0 Å². The molecule has 0 radical (unpaired) electrons. The summed E-state index contributed by atoms with van der Waals surface area (Å²) < 4.78 is 24.1. The van der Waals surface area contributed by atoms with Gasteiger partial charge in [-0.2, -0.15) is 0 Å². The second kappa shape index (κ2) is 3.21. The zero-order chi connectivity index (χ0) is 9.14. The third-order valence-corrected chi connectivity index (χ3v) is 1.26. The van der Waals surface area contributed by atoms with Crippen molar-refractivity contribution < 1.29 is 13.7 Å². The van der Waals surface area contributed by atoms with Crippen molar-refractivity contribution >= 4 is 5.69 Å². The summed E-state index contributed by atoms with van der Waals surface area (Å²) in [6, 6.07) is 0.933. The number of alkyl halides is 2.